The van der Waals surface area contributed by atoms with E-state index in [1.165, 1.54) is 0 Å². The van der Waals surface area contributed by atoms with Crippen LogP contribution in [0.1, 0.15) is 39.5 Å². The second kappa shape index (κ2) is 6.46. The van der Waals surface area contributed by atoms with Crippen molar-refractivity contribution in [2.24, 2.45) is 17.8 Å². The van der Waals surface area contributed by atoms with Crippen LogP contribution in [0.15, 0.2) is 0 Å². The van der Waals surface area contributed by atoms with Gasteiger partial charge >= 0.3 is 12.0 Å². The van der Waals surface area contributed by atoms with Crippen molar-refractivity contribution in [3.05, 3.63) is 0 Å². The van der Waals surface area contributed by atoms with Gasteiger partial charge < -0.3 is 14.9 Å². The zero-order chi connectivity index (χ0) is 14.7. The predicted molar refractivity (Wildman–Crippen MR) is 76.5 cm³/mol. The van der Waals surface area contributed by atoms with E-state index in [1.54, 1.807) is 0 Å². The Morgan fingerprint density at radius 3 is 2.25 bits per heavy atom. The van der Waals surface area contributed by atoms with Gasteiger partial charge in [0.2, 0.25) is 0 Å². The van der Waals surface area contributed by atoms with E-state index in [-0.39, 0.29) is 18.4 Å². The fraction of sp³-hybridized carbons (Fsp3) is 0.867. The molecule has 2 aliphatic rings. The number of hydrogen-bond donors (Lipinski definition) is 1. The van der Waals surface area contributed by atoms with E-state index in [0.29, 0.717) is 19.0 Å². The quantitative estimate of drug-likeness (QED) is 0.863. The standard InChI is InChI=1S/C15H26N2O3/c1-11(2)13-4-7-16(8-5-13)15(20)17-6-3-12(10-17)9-14(18)19/h11-13H,3-10H2,1-2H3,(H,18,19). The molecule has 2 amide bonds. The summed E-state index contributed by atoms with van der Waals surface area (Å²) in [7, 11) is 0. The van der Waals surface area contributed by atoms with Crippen LogP contribution in [0, 0.1) is 17.8 Å². The number of carboxylic acids is 1. The number of rotatable bonds is 3. The minimum absolute atomic E-state index is 0.111. The molecule has 2 heterocycles. The molecule has 0 radical (unpaired) electrons. The van der Waals surface area contributed by atoms with Crippen LogP contribution in [0.2, 0.25) is 0 Å². The van der Waals surface area contributed by atoms with Crippen molar-refractivity contribution < 1.29 is 14.7 Å². The highest BCUT2D eigenvalue weighted by Gasteiger charge is 2.32. The van der Waals surface area contributed by atoms with Crippen LogP contribution in [0.4, 0.5) is 4.79 Å². The summed E-state index contributed by atoms with van der Waals surface area (Å²) >= 11 is 0. The number of hydrogen-bond acceptors (Lipinski definition) is 2. The highest BCUT2D eigenvalue weighted by molar-refractivity contribution is 5.75. The van der Waals surface area contributed by atoms with Gasteiger partial charge in [-0.25, -0.2) is 4.79 Å². The molecule has 0 aromatic heterocycles. The lowest BCUT2D eigenvalue weighted by Crippen LogP contribution is -2.46. The van der Waals surface area contributed by atoms with Crippen molar-refractivity contribution in [3.8, 4) is 0 Å². The first-order valence-corrected chi connectivity index (χ1v) is 7.73. The lowest BCUT2D eigenvalue weighted by molar-refractivity contribution is -0.138. The summed E-state index contributed by atoms with van der Waals surface area (Å²) in [6, 6.07) is 0.111. The molecule has 0 aromatic carbocycles. The zero-order valence-electron chi connectivity index (χ0n) is 12.5. The fourth-order valence-corrected chi connectivity index (χ4v) is 3.38. The molecular weight excluding hydrogens is 256 g/mol. The summed E-state index contributed by atoms with van der Waals surface area (Å²) in [5.41, 5.74) is 0. The number of carboxylic acid groups (broad SMARTS) is 1. The number of likely N-dealkylation sites (tertiary alicyclic amines) is 2. The van der Waals surface area contributed by atoms with Crippen LogP contribution < -0.4 is 0 Å². The van der Waals surface area contributed by atoms with Crippen LogP contribution in [0.3, 0.4) is 0 Å². The minimum Gasteiger partial charge on any atom is -0.481 e. The highest BCUT2D eigenvalue weighted by atomic mass is 16.4. The van der Waals surface area contributed by atoms with E-state index in [4.69, 9.17) is 5.11 Å². The maximum Gasteiger partial charge on any atom is 0.320 e. The van der Waals surface area contributed by atoms with Gasteiger partial charge in [0.25, 0.3) is 0 Å². The summed E-state index contributed by atoms with van der Waals surface area (Å²) < 4.78 is 0. The Labute approximate surface area is 120 Å². The van der Waals surface area contributed by atoms with Gasteiger partial charge in [-0.15, -0.1) is 0 Å². The summed E-state index contributed by atoms with van der Waals surface area (Å²) in [6.07, 6.45) is 3.19. The van der Waals surface area contributed by atoms with Crippen LogP contribution in [0.25, 0.3) is 0 Å². The predicted octanol–water partition coefficient (Wildman–Crippen LogP) is 2.27. The zero-order valence-corrected chi connectivity index (χ0v) is 12.5. The summed E-state index contributed by atoms with van der Waals surface area (Å²) in [5.74, 6) is 0.795. The first kappa shape index (κ1) is 15.1. The first-order chi connectivity index (χ1) is 9.47. The van der Waals surface area contributed by atoms with Crippen LogP contribution in [-0.4, -0.2) is 53.1 Å². The van der Waals surface area contributed by atoms with Crippen LogP contribution in [-0.2, 0) is 4.79 Å². The molecule has 2 fully saturated rings. The van der Waals surface area contributed by atoms with E-state index in [0.717, 1.165) is 38.3 Å². The Kier molecular flexibility index (Phi) is 4.89. The molecule has 5 heteroatoms. The van der Waals surface area contributed by atoms with Gasteiger partial charge in [-0.2, -0.15) is 0 Å². The van der Waals surface area contributed by atoms with Crippen molar-refractivity contribution >= 4 is 12.0 Å². The normalized spacial score (nSPS) is 24.4. The number of carbonyl (C=O) groups is 2. The summed E-state index contributed by atoms with van der Waals surface area (Å²) in [6.45, 7) is 7.51. The Bertz CT molecular complexity index is 362. The summed E-state index contributed by atoms with van der Waals surface area (Å²) in [5, 5.41) is 8.81. The van der Waals surface area contributed by atoms with Gasteiger partial charge in [-0.3, -0.25) is 4.79 Å². The van der Waals surface area contributed by atoms with E-state index in [9.17, 15) is 9.59 Å². The molecule has 0 bridgehead atoms. The van der Waals surface area contributed by atoms with Gasteiger partial charge in [-0.05, 0) is 37.0 Å². The Hall–Kier alpha value is -1.26. The number of urea groups is 1. The molecule has 1 unspecified atom stereocenters. The third-order valence-electron chi connectivity index (χ3n) is 4.77. The Morgan fingerprint density at radius 1 is 1.10 bits per heavy atom. The second-order valence-corrected chi connectivity index (χ2v) is 6.55. The second-order valence-electron chi connectivity index (χ2n) is 6.55. The van der Waals surface area contributed by atoms with Gasteiger partial charge in [0.15, 0.2) is 0 Å². The molecule has 114 valence electrons. The lowest BCUT2D eigenvalue weighted by Gasteiger charge is -2.36. The number of amides is 2. The SMILES string of the molecule is CC(C)C1CCN(C(=O)N2CCC(CC(=O)O)C2)CC1. The van der Waals surface area contributed by atoms with Crippen molar-refractivity contribution in [1.29, 1.82) is 0 Å². The number of carbonyl (C=O) groups excluding carboxylic acids is 1. The Morgan fingerprint density at radius 2 is 1.70 bits per heavy atom. The number of piperidine rings is 1. The van der Waals surface area contributed by atoms with E-state index in [2.05, 4.69) is 13.8 Å². The number of nitrogens with zero attached hydrogens (tertiary/aromatic N) is 2. The van der Waals surface area contributed by atoms with Gasteiger partial charge in [0.05, 0.1) is 0 Å². The van der Waals surface area contributed by atoms with E-state index in [1.807, 2.05) is 9.80 Å². The average molecular weight is 282 g/mol. The summed E-state index contributed by atoms with van der Waals surface area (Å²) in [4.78, 5) is 26.9. The van der Waals surface area contributed by atoms with Crippen molar-refractivity contribution in [1.82, 2.24) is 9.80 Å². The molecule has 0 saturated carbocycles. The first-order valence-electron chi connectivity index (χ1n) is 7.73. The minimum atomic E-state index is -0.762. The largest absolute Gasteiger partial charge is 0.481 e. The van der Waals surface area contributed by atoms with Gasteiger partial charge in [0.1, 0.15) is 0 Å². The van der Waals surface area contributed by atoms with Gasteiger partial charge in [0, 0.05) is 32.6 Å². The van der Waals surface area contributed by atoms with Gasteiger partial charge in [-0.1, -0.05) is 13.8 Å². The molecule has 2 rings (SSSR count). The number of aliphatic carboxylic acids is 1. The molecule has 2 aliphatic heterocycles. The van der Waals surface area contributed by atoms with Crippen molar-refractivity contribution in [2.45, 2.75) is 39.5 Å². The molecule has 0 spiro atoms. The fourth-order valence-electron chi connectivity index (χ4n) is 3.38. The smallest absolute Gasteiger partial charge is 0.320 e. The monoisotopic (exact) mass is 282 g/mol. The third-order valence-corrected chi connectivity index (χ3v) is 4.77. The third kappa shape index (κ3) is 3.64. The molecule has 1 N–H and O–H groups in total. The molecule has 0 aromatic rings. The van der Waals surface area contributed by atoms with Crippen molar-refractivity contribution in [3.63, 3.8) is 0 Å². The maximum absolute atomic E-state index is 12.4. The van der Waals surface area contributed by atoms with Crippen LogP contribution in [0.5, 0.6) is 0 Å². The highest BCUT2D eigenvalue weighted by Crippen LogP contribution is 2.26. The van der Waals surface area contributed by atoms with Crippen molar-refractivity contribution in [2.75, 3.05) is 26.2 Å². The van der Waals surface area contributed by atoms with E-state index < -0.39 is 5.97 Å². The molecule has 0 aliphatic carbocycles. The molecule has 20 heavy (non-hydrogen) atoms. The molecule has 1 atom stereocenters. The van der Waals surface area contributed by atoms with E-state index >= 15 is 0 Å². The molecule has 2 saturated heterocycles. The lowest BCUT2D eigenvalue weighted by atomic mass is 9.87. The topological polar surface area (TPSA) is 60.9 Å². The average Bonchev–Trinajstić information content (AvgIpc) is 2.85. The molecule has 5 nitrogen and oxygen atoms in total. The molecular formula is C15H26N2O3. The maximum atomic E-state index is 12.4. The van der Waals surface area contributed by atoms with Crippen LogP contribution >= 0.6 is 0 Å². The Balaban J connectivity index is 1.80.